The summed E-state index contributed by atoms with van der Waals surface area (Å²) in [7, 11) is 0. The van der Waals surface area contributed by atoms with Gasteiger partial charge in [-0.2, -0.15) is 0 Å². The van der Waals surface area contributed by atoms with Crippen molar-refractivity contribution in [3.8, 4) is 5.75 Å². The van der Waals surface area contributed by atoms with Crippen LogP contribution < -0.4 is 0 Å². The molecule has 0 radical (unpaired) electrons. The summed E-state index contributed by atoms with van der Waals surface area (Å²) < 4.78 is 6.77. The number of ether oxygens (including phenoxy) is 1. The van der Waals surface area contributed by atoms with Crippen LogP contribution >= 0.6 is 0 Å². The van der Waals surface area contributed by atoms with E-state index in [1.807, 2.05) is 13.0 Å². The Morgan fingerprint density at radius 2 is 2.33 bits per heavy atom. The molecule has 0 saturated heterocycles. The third-order valence-corrected chi connectivity index (χ3v) is 4.33. The zero-order valence-electron chi connectivity index (χ0n) is 12.3. The average molecular weight is 285 g/mol. The summed E-state index contributed by atoms with van der Waals surface area (Å²) >= 11 is 0. The minimum Gasteiger partial charge on any atom is -0.508 e. The van der Waals surface area contributed by atoms with E-state index in [2.05, 4.69) is 6.58 Å². The molecular weight excluding hydrogens is 266 g/mol. The van der Waals surface area contributed by atoms with Crippen molar-refractivity contribution in [2.24, 2.45) is 0 Å². The number of phenolic OH excluding ortho intramolecular Hbond substituents is 1. The largest absolute Gasteiger partial charge is 0.508 e. The van der Waals surface area contributed by atoms with Crippen molar-refractivity contribution in [1.82, 2.24) is 4.57 Å². The Labute approximate surface area is 123 Å². The van der Waals surface area contributed by atoms with Gasteiger partial charge in [0.25, 0.3) is 0 Å². The fourth-order valence-electron chi connectivity index (χ4n) is 3.38. The number of aromatic nitrogens is 1. The Morgan fingerprint density at radius 1 is 1.57 bits per heavy atom. The topological polar surface area (TPSA) is 51.5 Å². The lowest BCUT2D eigenvalue weighted by molar-refractivity contribution is 0.154. The Bertz CT molecular complexity index is 742. The molecule has 1 atom stereocenters. The van der Waals surface area contributed by atoms with Crippen LogP contribution in [-0.4, -0.2) is 22.4 Å². The fraction of sp³-hybridized carbons (Fsp3) is 0.353. The summed E-state index contributed by atoms with van der Waals surface area (Å²) in [6.45, 7) is 7.94. The molecule has 1 aromatic heterocycles. The molecule has 3 rings (SSSR count). The lowest BCUT2D eigenvalue weighted by atomic mass is 9.83. The van der Waals surface area contributed by atoms with Crippen LogP contribution in [0.2, 0.25) is 0 Å². The second-order valence-corrected chi connectivity index (χ2v) is 5.37. The van der Waals surface area contributed by atoms with E-state index in [0.29, 0.717) is 6.61 Å². The van der Waals surface area contributed by atoms with Crippen LogP contribution in [0.1, 0.15) is 36.1 Å². The molecule has 4 nitrogen and oxygen atoms in total. The van der Waals surface area contributed by atoms with Crippen molar-refractivity contribution >= 4 is 17.0 Å². The van der Waals surface area contributed by atoms with E-state index >= 15 is 0 Å². The van der Waals surface area contributed by atoms with Gasteiger partial charge in [-0.3, -0.25) is 0 Å². The molecule has 0 spiro atoms. The Balaban J connectivity index is 2.36. The highest BCUT2D eigenvalue weighted by Gasteiger charge is 2.29. The highest BCUT2D eigenvalue weighted by Crippen LogP contribution is 2.44. The van der Waals surface area contributed by atoms with Gasteiger partial charge < -0.3 is 9.84 Å². The smallest absolute Gasteiger partial charge is 0.418 e. The van der Waals surface area contributed by atoms with Gasteiger partial charge in [-0.25, -0.2) is 9.36 Å². The van der Waals surface area contributed by atoms with Crippen LogP contribution in [0.25, 0.3) is 10.9 Å². The number of aromatic hydroxyl groups is 1. The van der Waals surface area contributed by atoms with Crippen molar-refractivity contribution in [2.75, 3.05) is 6.61 Å². The van der Waals surface area contributed by atoms with Gasteiger partial charge in [0.15, 0.2) is 0 Å². The first kappa shape index (κ1) is 13.7. The van der Waals surface area contributed by atoms with E-state index in [-0.39, 0.29) is 17.8 Å². The average Bonchev–Trinajstić information content (AvgIpc) is 2.76. The number of allylic oxidation sites excluding steroid dienone is 1. The maximum absolute atomic E-state index is 12.2. The molecule has 1 heterocycles. The summed E-state index contributed by atoms with van der Waals surface area (Å²) in [6.07, 6.45) is 3.28. The molecule has 1 aliphatic rings. The van der Waals surface area contributed by atoms with E-state index in [1.165, 1.54) is 0 Å². The predicted molar refractivity (Wildman–Crippen MR) is 82.0 cm³/mol. The molecular formula is C17H19NO3. The van der Waals surface area contributed by atoms with Crippen LogP contribution in [0.4, 0.5) is 4.79 Å². The lowest BCUT2D eigenvalue weighted by Crippen LogP contribution is -2.14. The number of hydrogen-bond acceptors (Lipinski definition) is 3. The van der Waals surface area contributed by atoms with Crippen molar-refractivity contribution in [1.29, 1.82) is 0 Å². The number of benzene rings is 1. The number of nitrogens with zero attached hydrogens (tertiary/aromatic N) is 1. The van der Waals surface area contributed by atoms with E-state index in [0.717, 1.165) is 40.6 Å². The summed E-state index contributed by atoms with van der Waals surface area (Å²) in [5.74, 6) is 0.396. The van der Waals surface area contributed by atoms with Gasteiger partial charge in [0, 0.05) is 22.6 Å². The van der Waals surface area contributed by atoms with Gasteiger partial charge in [-0.05, 0) is 44.4 Å². The number of hydrogen-bond donors (Lipinski definition) is 1. The first-order valence-corrected chi connectivity index (χ1v) is 7.25. The minimum absolute atomic E-state index is 0.124. The van der Waals surface area contributed by atoms with Crippen molar-refractivity contribution in [3.05, 3.63) is 41.6 Å². The summed E-state index contributed by atoms with van der Waals surface area (Å²) in [4.78, 5) is 12.2. The van der Waals surface area contributed by atoms with Gasteiger partial charge in [-0.1, -0.05) is 6.08 Å². The Kier molecular flexibility index (Phi) is 3.24. The minimum atomic E-state index is -0.361. The third kappa shape index (κ3) is 1.86. The summed E-state index contributed by atoms with van der Waals surface area (Å²) in [6, 6.07) is 3.44. The summed E-state index contributed by atoms with van der Waals surface area (Å²) in [5, 5.41) is 11.2. The summed E-state index contributed by atoms with van der Waals surface area (Å²) in [5.41, 5.74) is 3.72. The molecule has 0 fully saturated rings. The van der Waals surface area contributed by atoms with Crippen molar-refractivity contribution in [3.63, 3.8) is 0 Å². The van der Waals surface area contributed by atoms with Crippen LogP contribution in [-0.2, 0) is 11.2 Å². The SMILES string of the molecule is C=CC1CCc2c(C)n(C(=O)OCC)c3ccc(O)c1c23. The molecule has 0 amide bonds. The molecule has 21 heavy (non-hydrogen) atoms. The molecule has 4 heteroatoms. The first-order chi connectivity index (χ1) is 10.1. The Hall–Kier alpha value is -2.23. The Morgan fingerprint density at radius 3 is 3.00 bits per heavy atom. The predicted octanol–water partition coefficient (Wildman–Crippen LogP) is 3.88. The zero-order chi connectivity index (χ0) is 15.1. The third-order valence-electron chi connectivity index (χ3n) is 4.33. The van der Waals surface area contributed by atoms with Crippen molar-refractivity contribution < 1.29 is 14.6 Å². The number of carbonyl (C=O) groups is 1. The molecule has 1 unspecified atom stereocenters. The second kappa shape index (κ2) is 4.95. The van der Waals surface area contributed by atoms with E-state index in [4.69, 9.17) is 4.74 Å². The zero-order valence-corrected chi connectivity index (χ0v) is 12.3. The normalized spacial score (nSPS) is 17.0. The van der Waals surface area contributed by atoms with E-state index < -0.39 is 0 Å². The van der Waals surface area contributed by atoms with Crippen LogP contribution in [0, 0.1) is 6.92 Å². The van der Waals surface area contributed by atoms with Crippen molar-refractivity contribution in [2.45, 2.75) is 32.6 Å². The highest BCUT2D eigenvalue weighted by atomic mass is 16.5. The molecule has 0 saturated carbocycles. The van der Waals surface area contributed by atoms with Crippen LogP contribution in [0.5, 0.6) is 5.75 Å². The fourth-order valence-corrected chi connectivity index (χ4v) is 3.38. The number of carbonyl (C=O) groups excluding carboxylic acids is 1. The van der Waals surface area contributed by atoms with E-state index in [1.54, 1.807) is 23.6 Å². The molecule has 0 aliphatic heterocycles. The monoisotopic (exact) mass is 285 g/mol. The first-order valence-electron chi connectivity index (χ1n) is 7.25. The van der Waals surface area contributed by atoms with Gasteiger partial charge in [-0.15, -0.1) is 6.58 Å². The van der Waals surface area contributed by atoms with Gasteiger partial charge in [0.1, 0.15) is 5.75 Å². The maximum Gasteiger partial charge on any atom is 0.418 e. The van der Waals surface area contributed by atoms with E-state index in [9.17, 15) is 9.90 Å². The van der Waals surface area contributed by atoms with Gasteiger partial charge >= 0.3 is 6.09 Å². The number of phenols is 1. The number of rotatable bonds is 2. The molecule has 1 aliphatic carbocycles. The van der Waals surface area contributed by atoms with Crippen LogP contribution in [0.3, 0.4) is 0 Å². The van der Waals surface area contributed by atoms with Gasteiger partial charge in [0.05, 0.1) is 12.1 Å². The number of aryl methyl sites for hydroxylation is 1. The molecule has 1 N–H and O–H groups in total. The quantitative estimate of drug-likeness (QED) is 0.852. The molecule has 2 aromatic rings. The van der Waals surface area contributed by atoms with Crippen LogP contribution in [0.15, 0.2) is 24.8 Å². The molecule has 1 aromatic carbocycles. The highest BCUT2D eigenvalue weighted by molar-refractivity contribution is 5.97. The second-order valence-electron chi connectivity index (χ2n) is 5.37. The maximum atomic E-state index is 12.2. The van der Waals surface area contributed by atoms with Gasteiger partial charge in [0.2, 0.25) is 0 Å². The molecule has 110 valence electrons. The molecule has 0 bridgehead atoms. The lowest BCUT2D eigenvalue weighted by Gasteiger charge is -2.21. The standard InChI is InChI=1S/C17H19NO3/c1-4-11-6-7-12-10(3)18(17(20)21-5-2)13-8-9-14(19)15(11)16(12)13/h4,8-9,11,19H,1,5-7H2,2-3H3.